The third kappa shape index (κ3) is 6.85. The lowest BCUT2D eigenvalue weighted by Gasteiger charge is -2.34. The summed E-state index contributed by atoms with van der Waals surface area (Å²) in [6, 6.07) is 20.7. The quantitative estimate of drug-likeness (QED) is 0.201. The van der Waals surface area contributed by atoms with Crippen LogP contribution in [0.5, 0.6) is 34.5 Å². The maximum Gasteiger partial charge on any atom is 0.203 e. The van der Waals surface area contributed by atoms with Crippen molar-refractivity contribution in [3.63, 3.8) is 0 Å². The molecule has 0 saturated carbocycles. The molecule has 1 aromatic heterocycles. The van der Waals surface area contributed by atoms with Gasteiger partial charge in [0.05, 0.1) is 48.4 Å². The van der Waals surface area contributed by atoms with Crippen molar-refractivity contribution in [2.45, 2.75) is 13.1 Å². The summed E-state index contributed by atoms with van der Waals surface area (Å²) in [6.45, 7) is 5.75. The topological polar surface area (TPSA) is 74.8 Å². The lowest BCUT2D eigenvalue weighted by atomic mass is 10.0. The van der Waals surface area contributed by atoms with Crippen molar-refractivity contribution < 1.29 is 28.4 Å². The van der Waals surface area contributed by atoms with Gasteiger partial charge in [-0.1, -0.05) is 18.2 Å². The summed E-state index contributed by atoms with van der Waals surface area (Å²) >= 11 is 0. The molecule has 44 heavy (non-hydrogen) atoms. The van der Waals surface area contributed by atoms with Gasteiger partial charge in [0.15, 0.2) is 23.0 Å². The van der Waals surface area contributed by atoms with Crippen LogP contribution in [0, 0.1) is 0 Å². The fourth-order valence-electron chi connectivity index (χ4n) is 5.68. The summed E-state index contributed by atoms with van der Waals surface area (Å²) in [6.07, 6.45) is 1.87. The molecule has 4 aromatic rings. The van der Waals surface area contributed by atoms with Crippen molar-refractivity contribution in [1.29, 1.82) is 0 Å². The molecule has 5 rings (SSSR count). The van der Waals surface area contributed by atoms with E-state index in [4.69, 9.17) is 28.4 Å². The summed E-state index contributed by atoms with van der Waals surface area (Å²) < 4.78 is 33.2. The molecule has 0 amide bonds. The van der Waals surface area contributed by atoms with Crippen LogP contribution in [0.2, 0.25) is 0 Å². The zero-order valence-corrected chi connectivity index (χ0v) is 26.4. The summed E-state index contributed by atoms with van der Waals surface area (Å²) in [4.78, 5) is 9.64. The first-order chi connectivity index (χ1) is 21.5. The number of aromatic nitrogens is 1. The van der Waals surface area contributed by atoms with Gasteiger partial charge in [0.25, 0.3) is 0 Å². The van der Waals surface area contributed by atoms with Crippen LogP contribution < -0.4 is 28.4 Å². The molecule has 0 radical (unpaired) electrons. The normalized spacial score (nSPS) is 13.8. The zero-order chi connectivity index (χ0) is 31.1. The van der Waals surface area contributed by atoms with E-state index in [1.54, 1.807) is 42.7 Å². The van der Waals surface area contributed by atoms with E-state index in [0.717, 1.165) is 61.7 Å². The van der Waals surface area contributed by atoms with E-state index in [9.17, 15) is 0 Å². The standard InChI is InChI=1S/C35H41N3O6/c1-39-30-18-27(19-31(40-2)34(30)43-5)26-9-7-8-24(16-26)22-37-12-14-38(15-13-37)23-25-10-11-36-29(17-25)28-20-32(41-3)35(44-6)33(21-28)42-4/h7-11,16-21H,12-15,22-23H2,1-6H3. The number of rotatable bonds is 12. The highest BCUT2D eigenvalue weighted by Gasteiger charge is 2.20. The van der Waals surface area contributed by atoms with E-state index in [1.165, 1.54) is 11.1 Å². The van der Waals surface area contributed by atoms with E-state index in [-0.39, 0.29) is 0 Å². The van der Waals surface area contributed by atoms with Crippen molar-refractivity contribution in [3.05, 3.63) is 78.0 Å². The minimum atomic E-state index is 0.570. The van der Waals surface area contributed by atoms with Gasteiger partial charge in [-0.25, -0.2) is 0 Å². The Labute approximate surface area is 259 Å². The maximum atomic E-state index is 5.57. The van der Waals surface area contributed by atoms with Crippen LogP contribution in [0.25, 0.3) is 22.4 Å². The van der Waals surface area contributed by atoms with Crippen molar-refractivity contribution >= 4 is 0 Å². The maximum absolute atomic E-state index is 5.57. The minimum absolute atomic E-state index is 0.570. The number of ether oxygens (including phenoxy) is 6. The SMILES string of the molecule is COc1cc(-c2cccc(CN3CCN(Cc4ccnc(-c5cc(OC)c(OC)c(OC)c5)c4)CC3)c2)cc(OC)c1OC. The number of nitrogens with zero attached hydrogens (tertiary/aromatic N) is 3. The molecule has 1 aliphatic heterocycles. The Morgan fingerprint density at radius 3 is 1.48 bits per heavy atom. The molecule has 1 aliphatic rings. The number of hydrogen-bond donors (Lipinski definition) is 0. The Morgan fingerprint density at radius 2 is 1.00 bits per heavy atom. The van der Waals surface area contributed by atoms with Gasteiger partial charge in [-0.15, -0.1) is 0 Å². The number of piperazine rings is 1. The summed E-state index contributed by atoms with van der Waals surface area (Å²) in [5.41, 5.74) is 6.41. The summed E-state index contributed by atoms with van der Waals surface area (Å²) in [7, 11) is 9.75. The Balaban J connectivity index is 1.22. The van der Waals surface area contributed by atoms with Crippen LogP contribution in [0.15, 0.2) is 66.9 Å². The lowest BCUT2D eigenvalue weighted by Crippen LogP contribution is -2.45. The molecule has 0 spiro atoms. The monoisotopic (exact) mass is 599 g/mol. The molecule has 1 saturated heterocycles. The molecule has 0 aliphatic carbocycles. The first-order valence-electron chi connectivity index (χ1n) is 14.6. The third-order valence-electron chi connectivity index (χ3n) is 7.99. The van der Waals surface area contributed by atoms with E-state index in [1.807, 2.05) is 30.5 Å². The molecule has 3 aromatic carbocycles. The second-order valence-electron chi connectivity index (χ2n) is 10.6. The van der Waals surface area contributed by atoms with Crippen LogP contribution in [-0.4, -0.2) is 83.6 Å². The molecule has 0 atom stereocenters. The van der Waals surface area contributed by atoms with Crippen LogP contribution >= 0.6 is 0 Å². The first-order valence-corrected chi connectivity index (χ1v) is 14.6. The van der Waals surface area contributed by atoms with E-state index >= 15 is 0 Å². The second-order valence-corrected chi connectivity index (χ2v) is 10.6. The Morgan fingerprint density at radius 1 is 0.523 bits per heavy atom. The zero-order valence-electron chi connectivity index (χ0n) is 26.4. The molecule has 1 fully saturated rings. The number of benzene rings is 3. The molecule has 9 heteroatoms. The van der Waals surface area contributed by atoms with Gasteiger partial charge in [-0.3, -0.25) is 14.8 Å². The van der Waals surface area contributed by atoms with Crippen molar-refractivity contribution in [3.8, 4) is 56.9 Å². The van der Waals surface area contributed by atoms with E-state index < -0.39 is 0 Å². The molecule has 0 N–H and O–H groups in total. The third-order valence-corrected chi connectivity index (χ3v) is 7.99. The highest BCUT2D eigenvalue weighted by molar-refractivity contribution is 5.72. The van der Waals surface area contributed by atoms with Gasteiger partial charge in [-0.2, -0.15) is 0 Å². The van der Waals surface area contributed by atoms with Crippen molar-refractivity contribution in [1.82, 2.24) is 14.8 Å². The first kappa shape index (κ1) is 31.0. The fourth-order valence-corrected chi connectivity index (χ4v) is 5.68. The molecular formula is C35H41N3O6. The number of methoxy groups -OCH3 is 6. The Bertz CT molecular complexity index is 1400. The summed E-state index contributed by atoms with van der Waals surface area (Å²) in [5, 5.41) is 0. The fraction of sp³-hybridized carbons (Fsp3) is 0.343. The summed E-state index contributed by atoms with van der Waals surface area (Å²) in [5.74, 6) is 3.68. The highest BCUT2D eigenvalue weighted by Crippen LogP contribution is 2.42. The van der Waals surface area contributed by atoms with Crippen LogP contribution in [0.3, 0.4) is 0 Å². The average molecular weight is 600 g/mol. The van der Waals surface area contributed by atoms with Gasteiger partial charge in [0.2, 0.25) is 11.5 Å². The highest BCUT2D eigenvalue weighted by atomic mass is 16.5. The molecule has 9 nitrogen and oxygen atoms in total. The largest absolute Gasteiger partial charge is 0.493 e. The smallest absolute Gasteiger partial charge is 0.203 e. The molecule has 0 bridgehead atoms. The van der Waals surface area contributed by atoms with E-state index in [2.05, 4.69) is 51.2 Å². The van der Waals surface area contributed by atoms with Crippen LogP contribution in [-0.2, 0) is 13.1 Å². The number of hydrogen-bond acceptors (Lipinski definition) is 9. The molecule has 2 heterocycles. The minimum Gasteiger partial charge on any atom is -0.493 e. The Hall–Kier alpha value is -4.47. The lowest BCUT2D eigenvalue weighted by molar-refractivity contribution is 0.122. The second kappa shape index (κ2) is 14.3. The molecule has 0 unspecified atom stereocenters. The van der Waals surface area contributed by atoms with E-state index in [0.29, 0.717) is 34.5 Å². The molecular weight excluding hydrogens is 558 g/mol. The van der Waals surface area contributed by atoms with Crippen LogP contribution in [0.1, 0.15) is 11.1 Å². The van der Waals surface area contributed by atoms with Gasteiger partial charge < -0.3 is 28.4 Å². The van der Waals surface area contributed by atoms with Gasteiger partial charge in [0, 0.05) is 51.0 Å². The number of pyridine rings is 1. The van der Waals surface area contributed by atoms with Gasteiger partial charge in [0.1, 0.15) is 0 Å². The van der Waals surface area contributed by atoms with Gasteiger partial charge >= 0.3 is 0 Å². The van der Waals surface area contributed by atoms with Gasteiger partial charge in [-0.05, 0) is 64.7 Å². The van der Waals surface area contributed by atoms with Crippen molar-refractivity contribution in [2.24, 2.45) is 0 Å². The van der Waals surface area contributed by atoms with Crippen molar-refractivity contribution in [2.75, 3.05) is 68.8 Å². The predicted octanol–water partition coefficient (Wildman–Crippen LogP) is 5.79. The molecule has 232 valence electrons. The predicted molar refractivity (Wildman–Crippen MR) is 171 cm³/mol. The Kier molecular flexibility index (Phi) is 10.1. The average Bonchev–Trinajstić information content (AvgIpc) is 3.07. The van der Waals surface area contributed by atoms with Crippen LogP contribution in [0.4, 0.5) is 0 Å².